The Morgan fingerprint density at radius 2 is 1.75 bits per heavy atom. The predicted molar refractivity (Wildman–Crippen MR) is 98.8 cm³/mol. The van der Waals surface area contributed by atoms with Crippen LogP contribution in [0.15, 0.2) is 47.4 Å². The van der Waals surface area contributed by atoms with Crippen LogP contribution >= 0.6 is 0 Å². The van der Waals surface area contributed by atoms with E-state index in [1.807, 2.05) is 63.2 Å². The van der Waals surface area contributed by atoms with Crippen molar-refractivity contribution in [2.24, 2.45) is 0 Å². The van der Waals surface area contributed by atoms with E-state index < -0.39 is 10.0 Å². The van der Waals surface area contributed by atoms with Gasteiger partial charge in [-0.1, -0.05) is 30.0 Å². The molecule has 0 saturated heterocycles. The molecular weight excluding hydrogens is 320 g/mol. The second kappa shape index (κ2) is 7.52. The van der Waals surface area contributed by atoms with E-state index in [4.69, 9.17) is 0 Å². The third-order valence-corrected chi connectivity index (χ3v) is 5.15. The number of aryl methyl sites for hydroxylation is 2. The fraction of sp³-hybridized carbons (Fsp3) is 0.263. The molecule has 2 rings (SSSR count). The van der Waals surface area contributed by atoms with Gasteiger partial charge >= 0.3 is 0 Å². The first-order valence-electron chi connectivity index (χ1n) is 7.63. The number of sulfonamides is 1. The van der Waals surface area contributed by atoms with Crippen LogP contribution in [0.5, 0.6) is 0 Å². The fourth-order valence-corrected chi connectivity index (χ4v) is 3.21. The number of hydrogen-bond acceptors (Lipinski definition) is 3. The third-order valence-electron chi connectivity index (χ3n) is 3.75. The normalized spacial score (nSPS) is 10.8. The molecule has 0 atom stereocenters. The zero-order valence-corrected chi connectivity index (χ0v) is 15.2. The van der Waals surface area contributed by atoms with E-state index in [9.17, 15) is 8.42 Å². The highest BCUT2D eigenvalue weighted by atomic mass is 32.2. The van der Waals surface area contributed by atoms with E-state index in [1.54, 1.807) is 12.1 Å². The minimum atomic E-state index is -3.54. The first-order chi connectivity index (χ1) is 11.3. The molecule has 0 fully saturated rings. The van der Waals surface area contributed by atoms with Crippen molar-refractivity contribution in [1.82, 2.24) is 4.72 Å². The standard InChI is InChI=1S/C19H22N2O2S/c1-15-11-12-18(14-16(15)2)24(22,23)20-13-7-9-17-8-5-6-10-19(17)21(3)4/h5-6,8,10-12,14,20H,13H2,1-4H3. The van der Waals surface area contributed by atoms with E-state index in [0.717, 1.165) is 22.4 Å². The third kappa shape index (κ3) is 4.38. The molecule has 126 valence electrons. The Morgan fingerprint density at radius 1 is 1.04 bits per heavy atom. The van der Waals surface area contributed by atoms with Crippen LogP contribution in [-0.4, -0.2) is 29.1 Å². The summed E-state index contributed by atoms with van der Waals surface area (Å²) in [4.78, 5) is 2.24. The molecule has 0 saturated carbocycles. The summed E-state index contributed by atoms with van der Waals surface area (Å²) in [5, 5.41) is 0. The van der Waals surface area contributed by atoms with Crippen LogP contribution in [0.3, 0.4) is 0 Å². The monoisotopic (exact) mass is 342 g/mol. The summed E-state index contributed by atoms with van der Waals surface area (Å²) in [5.41, 5.74) is 3.88. The molecular formula is C19H22N2O2S. The molecule has 0 bridgehead atoms. The Kier molecular flexibility index (Phi) is 5.66. The number of nitrogens with zero attached hydrogens (tertiary/aromatic N) is 1. The lowest BCUT2D eigenvalue weighted by atomic mass is 10.1. The molecule has 0 aliphatic rings. The molecule has 0 heterocycles. The van der Waals surface area contributed by atoms with Gasteiger partial charge in [0, 0.05) is 19.7 Å². The van der Waals surface area contributed by atoms with Crippen molar-refractivity contribution in [3.63, 3.8) is 0 Å². The van der Waals surface area contributed by atoms with Crippen molar-refractivity contribution in [2.45, 2.75) is 18.7 Å². The second-order valence-electron chi connectivity index (χ2n) is 5.78. The Hall–Kier alpha value is -2.29. The number of para-hydroxylation sites is 1. The van der Waals surface area contributed by atoms with Crippen LogP contribution in [0.1, 0.15) is 16.7 Å². The molecule has 2 aromatic rings. The first kappa shape index (κ1) is 18.1. The SMILES string of the molecule is Cc1ccc(S(=O)(=O)NCC#Cc2ccccc2N(C)C)cc1C. The van der Waals surface area contributed by atoms with Crippen LogP contribution in [0, 0.1) is 25.7 Å². The highest BCUT2D eigenvalue weighted by Crippen LogP contribution is 2.16. The highest BCUT2D eigenvalue weighted by molar-refractivity contribution is 7.89. The van der Waals surface area contributed by atoms with E-state index in [1.165, 1.54) is 0 Å². The number of anilines is 1. The molecule has 1 N–H and O–H groups in total. The second-order valence-corrected chi connectivity index (χ2v) is 7.55. The summed E-state index contributed by atoms with van der Waals surface area (Å²) in [5.74, 6) is 5.90. The Balaban J connectivity index is 2.11. The summed E-state index contributed by atoms with van der Waals surface area (Å²) in [6, 6.07) is 12.8. The van der Waals surface area contributed by atoms with Gasteiger partial charge in [-0.05, 0) is 49.2 Å². The maximum absolute atomic E-state index is 12.3. The highest BCUT2D eigenvalue weighted by Gasteiger charge is 2.13. The zero-order chi connectivity index (χ0) is 17.7. The van der Waals surface area contributed by atoms with E-state index in [-0.39, 0.29) is 11.4 Å². The molecule has 0 aliphatic carbocycles. The molecule has 4 nitrogen and oxygen atoms in total. The van der Waals surface area contributed by atoms with Gasteiger partial charge in [-0.25, -0.2) is 8.42 Å². The maximum atomic E-state index is 12.3. The fourth-order valence-electron chi connectivity index (χ4n) is 2.20. The summed E-state index contributed by atoms with van der Waals surface area (Å²) in [6.45, 7) is 3.91. The zero-order valence-electron chi connectivity index (χ0n) is 14.4. The van der Waals surface area contributed by atoms with Crippen molar-refractivity contribution in [3.8, 4) is 11.8 Å². The van der Waals surface area contributed by atoms with Gasteiger partial charge in [-0.2, -0.15) is 4.72 Å². The maximum Gasteiger partial charge on any atom is 0.241 e. The van der Waals surface area contributed by atoms with Crippen molar-refractivity contribution >= 4 is 15.7 Å². The molecule has 0 amide bonds. The van der Waals surface area contributed by atoms with Crippen molar-refractivity contribution < 1.29 is 8.42 Å². The van der Waals surface area contributed by atoms with Crippen LogP contribution in [0.25, 0.3) is 0 Å². The van der Waals surface area contributed by atoms with Gasteiger partial charge in [0.1, 0.15) is 0 Å². The van der Waals surface area contributed by atoms with Gasteiger partial charge in [0.15, 0.2) is 0 Å². The van der Waals surface area contributed by atoms with Gasteiger partial charge in [0.05, 0.1) is 17.1 Å². The van der Waals surface area contributed by atoms with Gasteiger partial charge in [-0.3, -0.25) is 0 Å². The Bertz CT molecular complexity index is 891. The average Bonchev–Trinajstić information content (AvgIpc) is 2.54. The van der Waals surface area contributed by atoms with Crippen molar-refractivity contribution in [1.29, 1.82) is 0 Å². The lowest BCUT2D eigenvalue weighted by Crippen LogP contribution is -2.24. The summed E-state index contributed by atoms with van der Waals surface area (Å²) < 4.78 is 27.1. The minimum Gasteiger partial charge on any atom is -0.377 e. The number of nitrogens with one attached hydrogen (secondary N) is 1. The molecule has 24 heavy (non-hydrogen) atoms. The molecule has 0 aromatic heterocycles. The van der Waals surface area contributed by atoms with Crippen LogP contribution in [0.2, 0.25) is 0 Å². The smallest absolute Gasteiger partial charge is 0.241 e. The first-order valence-corrected chi connectivity index (χ1v) is 9.12. The van der Waals surface area contributed by atoms with E-state index in [0.29, 0.717) is 0 Å². The van der Waals surface area contributed by atoms with Crippen LogP contribution in [0.4, 0.5) is 5.69 Å². The summed E-state index contributed by atoms with van der Waals surface area (Å²) in [6.07, 6.45) is 0. The van der Waals surface area contributed by atoms with Gasteiger partial charge in [0.25, 0.3) is 0 Å². The molecule has 0 radical (unpaired) electrons. The quantitative estimate of drug-likeness (QED) is 0.869. The van der Waals surface area contributed by atoms with Gasteiger partial charge < -0.3 is 4.90 Å². The summed E-state index contributed by atoms with van der Waals surface area (Å²) >= 11 is 0. The van der Waals surface area contributed by atoms with Crippen molar-refractivity contribution in [2.75, 3.05) is 25.5 Å². The number of hydrogen-bond donors (Lipinski definition) is 1. The number of benzene rings is 2. The lowest BCUT2D eigenvalue weighted by Gasteiger charge is -2.13. The number of rotatable bonds is 4. The molecule has 5 heteroatoms. The molecule has 0 unspecified atom stereocenters. The Morgan fingerprint density at radius 3 is 2.42 bits per heavy atom. The molecule has 0 spiro atoms. The summed E-state index contributed by atoms with van der Waals surface area (Å²) in [7, 11) is 0.351. The predicted octanol–water partition coefficient (Wildman–Crippen LogP) is 2.70. The molecule has 0 aliphatic heterocycles. The topological polar surface area (TPSA) is 49.4 Å². The minimum absolute atomic E-state index is 0.0665. The average molecular weight is 342 g/mol. The Labute approximate surface area is 144 Å². The molecule has 2 aromatic carbocycles. The van der Waals surface area contributed by atoms with Gasteiger partial charge in [0.2, 0.25) is 10.0 Å². The van der Waals surface area contributed by atoms with Gasteiger partial charge in [-0.15, -0.1) is 0 Å². The van der Waals surface area contributed by atoms with Crippen molar-refractivity contribution in [3.05, 3.63) is 59.2 Å². The lowest BCUT2D eigenvalue weighted by molar-refractivity contribution is 0.586. The van der Waals surface area contributed by atoms with E-state index in [2.05, 4.69) is 16.6 Å². The van der Waals surface area contributed by atoms with Crippen LogP contribution < -0.4 is 9.62 Å². The largest absolute Gasteiger partial charge is 0.377 e. The van der Waals surface area contributed by atoms with E-state index >= 15 is 0 Å². The van der Waals surface area contributed by atoms with Crippen LogP contribution in [-0.2, 0) is 10.0 Å².